The van der Waals surface area contributed by atoms with Crippen molar-refractivity contribution in [2.45, 2.75) is 52.4 Å². The van der Waals surface area contributed by atoms with Gasteiger partial charge in [0.25, 0.3) is 0 Å². The van der Waals surface area contributed by atoms with Crippen LogP contribution in [0, 0.1) is 0 Å². The SMILES string of the molecule is [2H]c1c([2H])c([2H])c(-c2ccc3c(c2)c2ccc4cc2n3-c2cccc(n2)-c2cccc(c2)-c2ccccc2-c2cc(C(C)(C)C)cc(-c3cccc(C(C)(C)C)c3)c2N2CN(c3cccc(c3)O4)c3ccccc32)c([2H])c1[2H]. The van der Waals surface area contributed by atoms with Gasteiger partial charge in [0.1, 0.15) is 24.0 Å². The van der Waals surface area contributed by atoms with Gasteiger partial charge in [-0.1, -0.05) is 169 Å². The molecule has 0 fully saturated rings. The largest absolute Gasteiger partial charge is 0.457 e. The molecular formula is C68H56N4O. The van der Waals surface area contributed by atoms with E-state index in [2.05, 4.69) is 183 Å². The smallest absolute Gasteiger partial charge is 0.138 e. The number of pyridine rings is 1. The Bertz CT molecular complexity index is 4250. The van der Waals surface area contributed by atoms with E-state index in [4.69, 9.17) is 16.6 Å². The van der Waals surface area contributed by atoms with Crippen LogP contribution in [-0.2, 0) is 10.8 Å². The van der Waals surface area contributed by atoms with Crippen molar-refractivity contribution in [1.29, 1.82) is 0 Å². The summed E-state index contributed by atoms with van der Waals surface area (Å²) in [6, 6.07) is 64.6. The predicted molar refractivity (Wildman–Crippen MR) is 305 cm³/mol. The summed E-state index contributed by atoms with van der Waals surface area (Å²) in [6.07, 6.45) is 0. The average molecular weight is 950 g/mol. The van der Waals surface area contributed by atoms with Crippen molar-refractivity contribution in [3.8, 4) is 73.1 Å². The molecule has 2 aliphatic rings. The van der Waals surface area contributed by atoms with Gasteiger partial charge in [-0.15, -0.1) is 0 Å². The van der Waals surface area contributed by atoms with Crippen LogP contribution < -0.4 is 14.5 Å². The van der Waals surface area contributed by atoms with Crippen molar-refractivity contribution in [1.82, 2.24) is 9.55 Å². The Morgan fingerprint density at radius 1 is 0.452 bits per heavy atom. The van der Waals surface area contributed by atoms with Gasteiger partial charge in [0, 0.05) is 45.3 Å². The minimum atomic E-state index is -0.423. The summed E-state index contributed by atoms with van der Waals surface area (Å²) < 4.78 is 51.9. The van der Waals surface area contributed by atoms with E-state index in [0.717, 1.165) is 89.2 Å². The fourth-order valence-corrected chi connectivity index (χ4v) is 10.8. The molecule has 0 amide bonds. The normalized spacial score (nSPS) is 14.0. The fraction of sp³-hybridized carbons (Fsp3) is 0.132. The summed E-state index contributed by atoms with van der Waals surface area (Å²) in [5.74, 6) is 1.97. The second kappa shape index (κ2) is 17.0. The van der Waals surface area contributed by atoms with Crippen molar-refractivity contribution in [2.75, 3.05) is 16.5 Å². The van der Waals surface area contributed by atoms with Crippen LogP contribution >= 0.6 is 0 Å². The van der Waals surface area contributed by atoms with E-state index in [-0.39, 0.29) is 40.6 Å². The van der Waals surface area contributed by atoms with E-state index in [1.54, 1.807) is 0 Å². The molecule has 0 N–H and O–H groups in total. The number of ether oxygens (including phenoxy) is 1. The first kappa shape index (κ1) is 39.0. The first-order valence-electron chi connectivity index (χ1n) is 27.5. The van der Waals surface area contributed by atoms with Gasteiger partial charge < -0.3 is 14.5 Å². The van der Waals surface area contributed by atoms with Crippen LogP contribution in [0.4, 0.5) is 22.7 Å². The third-order valence-electron chi connectivity index (χ3n) is 14.6. The fourth-order valence-electron chi connectivity index (χ4n) is 10.8. The Balaban J connectivity index is 1.08. The third-order valence-corrected chi connectivity index (χ3v) is 14.6. The van der Waals surface area contributed by atoms with Crippen molar-refractivity contribution < 1.29 is 11.6 Å². The number of hydrogen-bond donors (Lipinski definition) is 0. The highest BCUT2D eigenvalue weighted by atomic mass is 16.5. The number of aromatic nitrogens is 2. The first-order chi connectivity index (χ1) is 37.5. The van der Waals surface area contributed by atoms with E-state index < -0.39 is 6.04 Å². The molecule has 5 nitrogen and oxygen atoms in total. The summed E-state index contributed by atoms with van der Waals surface area (Å²) in [4.78, 5) is 10.3. The number of para-hydroxylation sites is 2. The van der Waals surface area contributed by atoms with Gasteiger partial charge in [0.05, 0.1) is 40.6 Å². The molecule has 73 heavy (non-hydrogen) atoms. The van der Waals surface area contributed by atoms with Crippen LogP contribution in [0.2, 0.25) is 0 Å². The molecule has 9 aromatic carbocycles. The average Bonchev–Trinajstić information content (AvgIpc) is 4.06. The minimum Gasteiger partial charge on any atom is -0.457 e. The van der Waals surface area contributed by atoms with Gasteiger partial charge in [-0.2, -0.15) is 0 Å². The maximum absolute atomic E-state index is 8.84. The first-order valence-corrected chi connectivity index (χ1v) is 25.0. The number of hydrogen-bond acceptors (Lipinski definition) is 4. The topological polar surface area (TPSA) is 33.5 Å². The molecule has 0 saturated carbocycles. The zero-order valence-corrected chi connectivity index (χ0v) is 41.8. The summed E-state index contributed by atoms with van der Waals surface area (Å²) >= 11 is 0. The Hall–Kier alpha value is -8.67. The van der Waals surface area contributed by atoms with E-state index in [0.29, 0.717) is 29.5 Å². The molecule has 5 heteroatoms. The van der Waals surface area contributed by atoms with Crippen LogP contribution in [0.1, 0.15) is 59.5 Å². The number of anilines is 4. The molecule has 354 valence electrons. The molecule has 0 aliphatic carbocycles. The van der Waals surface area contributed by atoms with Crippen LogP contribution in [0.5, 0.6) is 11.5 Å². The van der Waals surface area contributed by atoms with E-state index in [9.17, 15) is 0 Å². The molecule has 0 spiro atoms. The summed E-state index contributed by atoms with van der Waals surface area (Å²) in [6.45, 7) is 14.3. The van der Waals surface area contributed by atoms with Gasteiger partial charge in [-0.05, 0) is 134 Å². The molecule has 2 aromatic heterocycles. The number of rotatable bonds is 2. The molecule has 4 heterocycles. The lowest BCUT2D eigenvalue weighted by Gasteiger charge is -2.31. The quantitative estimate of drug-likeness (QED) is 0.173. The lowest BCUT2D eigenvalue weighted by molar-refractivity contribution is 0.483. The van der Waals surface area contributed by atoms with Crippen LogP contribution in [0.3, 0.4) is 0 Å². The zero-order valence-electron chi connectivity index (χ0n) is 46.8. The van der Waals surface area contributed by atoms with Gasteiger partial charge in [-0.3, -0.25) is 4.57 Å². The molecule has 0 unspecified atom stereocenters. The Morgan fingerprint density at radius 2 is 1.14 bits per heavy atom. The molecule has 13 rings (SSSR count). The molecule has 10 bridgehead atoms. The Labute approximate surface area is 435 Å². The number of nitrogens with zero attached hydrogens (tertiary/aromatic N) is 4. The lowest BCUT2D eigenvalue weighted by atomic mass is 9.80. The number of fused-ring (bicyclic) bond motifs is 23. The van der Waals surface area contributed by atoms with Gasteiger partial charge in [0.15, 0.2) is 0 Å². The maximum Gasteiger partial charge on any atom is 0.138 e. The Kier molecular flexibility index (Phi) is 9.08. The van der Waals surface area contributed by atoms with Crippen molar-refractivity contribution in [2.24, 2.45) is 0 Å². The van der Waals surface area contributed by atoms with Crippen molar-refractivity contribution in [3.63, 3.8) is 0 Å². The highest BCUT2D eigenvalue weighted by Gasteiger charge is 2.34. The molecule has 0 saturated heterocycles. The van der Waals surface area contributed by atoms with Crippen molar-refractivity contribution in [3.05, 3.63) is 229 Å². The maximum atomic E-state index is 8.84. The number of benzene rings is 9. The van der Waals surface area contributed by atoms with Crippen LogP contribution in [0.15, 0.2) is 218 Å². The van der Waals surface area contributed by atoms with Crippen LogP contribution in [0.25, 0.3) is 83.4 Å². The monoisotopic (exact) mass is 949 g/mol. The van der Waals surface area contributed by atoms with Gasteiger partial charge in [0.2, 0.25) is 0 Å². The van der Waals surface area contributed by atoms with Gasteiger partial charge in [-0.25, -0.2) is 4.98 Å². The third kappa shape index (κ3) is 7.75. The molecular weight excluding hydrogens is 889 g/mol. The Morgan fingerprint density at radius 3 is 1.95 bits per heavy atom. The second-order valence-corrected chi connectivity index (χ2v) is 21.3. The van der Waals surface area contributed by atoms with E-state index in [1.165, 1.54) is 11.1 Å². The lowest BCUT2D eigenvalue weighted by Crippen LogP contribution is -2.25. The molecule has 0 radical (unpaired) electrons. The standard InChI is InChI=1S/C68H56N4O/c1-67(2,3)49-23-15-21-47(37-49)57-39-50(68(4,5)6)40-59-55-27-11-10-26-54(55)46-20-14-22-48(36-46)60-28-17-31-65(69-60)72-61-35-32-45(44-18-8-7-9-19-44)38-58(61)56-34-33-53(42-64(56)72)73-52-25-16-24-51(41-52)70-43-71(66(57)59)63-30-13-12-29-62(63)70/h7-42H,43H2,1-6H3/i7D,8D,9D,18D,19D. The molecule has 2 aliphatic heterocycles. The van der Waals surface area contributed by atoms with E-state index >= 15 is 0 Å². The highest BCUT2D eigenvalue weighted by molar-refractivity contribution is 6.11. The van der Waals surface area contributed by atoms with E-state index in [1.807, 2.05) is 60.7 Å². The highest BCUT2D eigenvalue weighted by Crippen LogP contribution is 2.53. The minimum absolute atomic E-state index is 0.0655. The second-order valence-electron chi connectivity index (χ2n) is 21.3. The van der Waals surface area contributed by atoms with Crippen molar-refractivity contribution >= 4 is 44.6 Å². The molecule has 11 aromatic rings. The summed E-state index contributed by atoms with van der Waals surface area (Å²) in [5.41, 5.74) is 17.4. The zero-order chi connectivity index (χ0) is 53.9. The predicted octanol–water partition coefficient (Wildman–Crippen LogP) is 18.5. The van der Waals surface area contributed by atoms with Gasteiger partial charge >= 0.3 is 0 Å². The summed E-state index contributed by atoms with van der Waals surface area (Å²) in [5, 5.41) is 1.72. The van der Waals surface area contributed by atoms with Crippen LogP contribution in [-0.4, -0.2) is 16.2 Å². The summed E-state index contributed by atoms with van der Waals surface area (Å²) in [7, 11) is 0. The molecule has 0 atom stereocenters.